The molecular formula is C27H30N2O2. The van der Waals surface area contributed by atoms with Crippen LogP contribution in [0.25, 0.3) is 5.57 Å². The lowest BCUT2D eigenvalue weighted by molar-refractivity contribution is -0.140. The first-order valence-corrected chi connectivity index (χ1v) is 11.6. The molecule has 1 fully saturated rings. The highest BCUT2D eigenvalue weighted by molar-refractivity contribution is 6.35. The summed E-state index contributed by atoms with van der Waals surface area (Å²) in [6.45, 7) is 3.48. The molecule has 2 aliphatic heterocycles. The third-order valence-electron chi connectivity index (χ3n) is 7.07. The average molecular weight is 415 g/mol. The van der Waals surface area contributed by atoms with Gasteiger partial charge >= 0.3 is 0 Å². The summed E-state index contributed by atoms with van der Waals surface area (Å²) in [6, 6.07) is 16.5. The summed E-state index contributed by atoms with van der Waals surface area (Å²) < 4.78 is 0. The largest absolute Gasteiger partial charge is 0.362 e. The van der Waals surface area contributed by atoms with Crippen LogP contribution in [0.15, 0.2) is 54.2 Å². The number of nitrogens with zero attached hydrogens (tertiary/aromatic N) is 2. The Labute approximate surface area is 184 Å². The van der Waals surface area contributed by atoms with Crippen molar-refractivity contribution >= 4 is 17.4 Å². The van der Waals surface area contributed by atoms with Crippen molar-refractivity contribution in [3.8, 4) is 0 Å². The van der Waals surface area contributed by atoms with Crippen molar-refractivity contribution in [2.24, 2.45) is 0 Å². The fourth-order valence-electron chi connectivity index (χ4n) is 5.34. The fourth-order valence-corrected chi connectivity index (χ4v) is 5.34. The SMILES string of the molecule is Cc1ccc(C2=C(N3CCc4ccccc4C3)C(=O)N(C3CCCCCC3)C2=O)cc1. The Morgan fingerprint density at radius 3 is 2.19 bits per heavy atom. The molecule has 2 aromatic carbocycles. The van der Waals surface area contributed by atoms with E-state index in [9.17, 15) is 9.59 Å². The van der Waals surface area contributed by atoms with E-state index in [2.05, 4.69) is 29.2 Å². The maximum Gasteiger partial charge on any atom is 0.278 e. The van der Waals surface area contributed by atoms with Crippen molar-refractivity contribution in [2.45, 2.75) is 64.5 Å². The van der Waals surface area contributed by atoms with Crippen LogP contribution >= 0.6 is 0 Å². The molecule has 3 aliphatic rings. The minimum absolute atomic E-state index is 0.0255. The monoisotopic (exact) mass is 414 g/mol. The summed E-state index contributed by atoms with van der Waals surface area (Å²) in [5, 5.41) is 0. The standard InChI is InChI=1S/C27H30N2O2/c1-19-12-14-21(15-13-19)24-25(28-17-16-20-8-6-7-9-22(20)18-28)27(31)29(26(24)30)23-10-4-2-3-5-11-23/h6-9,12-15,23H,2-5,10-11,16-18H2,1H3. The molecule has 0 aromatic heterocycles. The van der Waals surface area contributed by atoms with Gasteiger partial charge in [0, 0.05) is 19.1 Å². The van der Waals surface area contributed by atoms with E-state index in [4.69, 9.17) is 0 Å². The van der Waals surface area contributed by atoms with Crippen LogP contribution in [-0.4, -0.2) is 34.2 Å². The zero-order valence-electron chi connectivity index (χ0n) is 18.3. The van der Waals surface area contributed by atoms with Gasteiger partial charge in [-0.25, -0.2) is 0 Å². The van der Waals surface area contributed by atoms with Gasteiger partial charge in [0.2, 0.25) is 0 Å². The molecule has 1 aliphatic carbocycles. The van der Waals surface area contributed by atoms with Crippen LogP contribution in [0.2, 0.25) is 0 Å². The molecule has 0 bridgehead atoms. The van der Waals surface area contributed by atoms with E-state index >= 15 is 0 Å². The summed E-state index contributed by atoms with van der Waals surface area (Å²) in [7, 11) is 0. The number of amides is 2. The average Bonchev–Trinajstić information content (AvgIpc) is 2.94. The van der Waals surface area contributed by atoms with E-state index in [1.807, 2.05) is 31.2 Å². The predicted molar refractivity (Wildman–Crippen MR) is 122 cm³/mol. The fraction of sp³-hybridized carbons (Fsp3) is 0.407. The van der Waals surface area contributed by atoms with Gasteiger partial charge in [0.05, 0.1) is 5.57 Å². The number of hydrogen-bond acceptors (Lipinski definition) is 3. The van der Waals surface area contributed by atoms with Crippen molar-refractivity contribution < 1.29 is 9.59 Å². The molecule has 0 radical (unpaired) electrons. The van der Waals surface area contributed by atoms with Gasteiger partial charge in [-0.2, -0.15) is 0 Å². The highest BCUT2D eigenvalue weighted by Crippen LogP contribution is 2.37. The molecule has 4 nitrogen and oxygen atoms in total. The van der Waals surface area contributed by atoms with E-state index in [1.165, 1.54) is 24.0 Å². The number of imide groups is 1. The normalized spacial score (nSPS) is 20.3. The Bertz CT molecular complexity index is 1030. The number of aryl methyl sites for hydroxylation is 1. The number of carbonyl (C=O) groups is 2. The van der Waals surface area contributed by atoms with Crippen LogP contribution in [0.1, 0.15) is 60.8 Å². The lowest BCUT2D eigenvalue weighted by Crippen LogP contribution is -2.43. The van der Waals surface area contributed by atoms with E-state index < -0.39 is 0 Å². The Hall–Kier alpha value is -2.88. The van der Waals surface area contributed by atoms with Crippen LogP contribution in [0.3, 0.4) is 0 Å². The number of carbonyl (C=O) groups excluding carboxylic acids is 2. The smallest absolute Gasteiger partial charge is 0.278 e. The Morgan fingerprint density at radius 1 is 0.806 bits per heavy atom. The zero-order valence-corrected chi connectivity index (χ0v) is 18.3. The summed E-state index contributed by atoms with van der Waals surface area (Å²) in [5.74, 6) is -0.193. The van der Waals surface area contributed by atoms with Crippen LogP contribution in [0.4, 0.5) is 0 Å². The predicted octanol–water partition coefficient (Wildman–Crippen LogP) is 4.86. The van der Waals surface area contributed by atoms with Gasteiger partial charge < -0.3 is 4.90 Å². The van der Waals surface area contributed by atoms with Crippen molar-refractivity contribution in [2.75, 3.05) is 6.54 Å². The summed E-state index contributed by atoms with van der Waals surface area (Å²) >= 11 is 0. The molecule has 160 valence electrons. The molecular weight excluding hydrogens is 384 g/mol. The first-order chi connectivity index (χ1) is 15.1. The molecule has 31 heavy (non-hydrogen) atoms. The first kappa shape index (κ1) is 20.0. The van der Waals surface area contributed by atoms with Crippen LogP contribution < -0.4 is 0 Å². The quantitative estimate of drug-likeness (QED) is 0.532. The van der Waals surface area contributed by atoms with E-state index in [-0.39, 0.29) is 17.9 Å². The molecule has 0 atom stereocenters. The molecule has 2 aromatic rings. The third kappa shape index (κ3) is 3.69. The van der Waals surface area contributed by atoms with Crippen molar-refractivity contribution in [1.82, 2.24) is 9.80 Å². The molecule has 1 saturated carbocycles. The van der Waals surface area contributed by atoms with E-state index in [0.29, 0.717) is 17.8 Å². The molecule has 0 unspecified atom stereocenters. The Kier molecular flexibility index (Phi) is 5.39. The number of benzene rings is 2. The molecule has 0 N–H and O–H groups in total. The van der Waals surface area contributed by atoms with Gasteiger partial charge in [-0.3, -0.25) is 14.5 Å². The zero-order chi connectivity index (χ0) is 21.4. The molecule has 2 amide bonds. The van der Waals surface area contributed by atoms with Crippen LogP contribution in [0, 0.1) is 6.92 Å². The molecule has 0 spiro atoms. The highest BCUT2D eigenvalue weighted by Gasteiger charge is 2.45. The van der Waals surface area contributed by atoms with Gasteiger partial charge in [0.25, 0.3) is 11.8 Å². The van der Waals surface area contributed by atoms with E-state index in [1.54, 1.807) is 4.90 Å². The Morgan fingerprint density at radius 2 is 1.48 bits per heavy atom. The lowest BCUT2D eigenvalue weighted by Gasteiger charge is -2.32. The third-order valence-corrected chi connectivity index (χ3v) is 7.07. The lowest BCUT2D eigenvalue weighted by atomic mass is 9.97. The van der Waals surface area contributed by atoms with Gasteiger partial charge in [-0.05, 0) is 42.9 Å². The van der Waals surface area contributed by atoms with Crippen LogP contribution in [0.5, 0.6) is 0 Å². The number of rotatable bonds is 3. The number of hydrogen-bond donors (Lipinski definition) is 0. The second-order valence-electron chi connectivity index (χ2n) is 9.16. The summed E-state index contributed by atoms with van der Waals surface area (Å²) in [6.07, 6.45) is 7.32. The molecule has 2 heterocycles. The van der Waals surface area contributed by atoms with Gasteiger partial charge in [0.15, 0.2) is 0 Å². The topological polar surface area (TPSA) is 40.6 Å². The highest BCUT2D eigenvalue weighted by atomic mass is 16.2. The van der Waals surface area contributed by atoms with Gasteiger partial charge in [0.1, 0.15) is 5.70 Å². The number of fused-ring (bicyclic) bond motifs is 1. The van der Waals surface area contributed by atoms with Gasteiger partial charge in [-0.15, -0.1) is 0 Å². The van der Waals surface area contributed by atoms with Crippen molar-refractivity contribution in [3.63, 3.8) is 0 Å². The van der Waals surface area contributed by atoms with Crippen LogP contribution in [-0.2, 0) is 22.6 Å². The second kappa shape index (κ2) is 8.33. The minimum atomic E-state index is -0.102. The first-order valence-electron chi connectivity index (χ1n) is 11.6. The maximum atomic E-state index is 13.8. The molecule has 5 rings (SSSR count). The minimum Gasteiger partial charge on any atom is -0.362 e. The van der Waals surface area contributed by atoms with Gasteiger partial charge in [-0.1, -0.05) is 79.8 Å². The molecule has 4 heteroatoms. The molecule has 0 saturated heterocycles. The Balaban J connectivity index is 1.56. The van der Waals surface area contributed by atoms with E-state index in [0.717, 1.165) is 49.8 Å². The van der Waals surface area contributed by atoms with Crippen molar-refractivity contribution in [1.29, 1.82) is 0 Å². The summed E-state index contributed by atoms with van der Waals surface area (Å²) in [5.41, 5.74) is 5.79. The summed E-state index contributed by atoms with van der Waals surface area (Å²) in [4.78, 5) is 31.3. The maximum absolute atomic E-state index is 13.8. The second-order valence-corrected chi connectivity index (χ2v) is 9.16. The van der Waals surface area contributed by atoms with Crippen molar-refractivity contribution in [3.05, 3.63) is 76.5 Å².